The van der Waals surface area contributed by atoms with Crippen LogP contribution in [0.25, 0.3) is 0 Å². The van der Waals surface area contributed by atoms with Crippen LogP contribution in [0.1, 0.15) is 72.4 Å². The molecule has 0 saturated carbocycles. The van der Waals surface area contributed by atoms with E-state index >= 15 is 0 Å². The number of halogens is 1. The van der Waals surface area contributed by atoms with Gasteiger partial charge in [-0.2, -0.15) is 0 Å². The minimum absolute atomic E-state index is 0.0355. The van der Waals surface area contributed by atoms with Crippen molar-refractivity contribution in [1.82, 2.24) is 9.80 Å². The zero-order valence-electron chi connectivity index (χ0n) is 23.9. The van der Waals surface area contributed by atoms with E-state index in [1.54, 1.807) is 7.11 Å². The summed E-state index contributed by atoms with van der Waals surface area (Å²) < 4.78 is 12.1. The predicted octanol–water partition coefficient (Wildman–Crippen LogP) is 7.27. The molecule has 1 amide bonds. The third-order valence-electron chi connectivity index (χ3n) is 7.49. The topological polar surface area (TPSA) is 54.0 Å². The third kappa shape index (κ3) is 6.34. The van der Waals surface area contributed by atoms with Gasteiger partial charge >= 0.3 is 0 Å². The van der Waals surface area contributed by atoms with Crippen LogP contribution in [0.3, 0.4) is 0 Å². The first-order valence-electron chi connectivity index (χ1n) is 13.8. The number of carbonyl (C=O) groups is 1. The Morgan fingerprint density at radius 3 is 2.49 bits per heavy atom. The van der Waals surface area contributed by atoms with Gasteiger partial charge in [0.1, 0.15) is 24.3 Å². The van der Waals surface area contributed by atoms with Crippen LogP contribution in [0.5, 0.6) is 11.5 Å². The second kappa shape index (κ2) is 12.8. The maximum atomic E-state index is 13.7. The van der Waals surface area contributed by atoms with E-state index in [1.165, 1.54) is 0 Å². The van der Waals surface area contributed by atoms with E-state index in [0.717, 1.165) is 64.1 Å². The Bertz CT molecular complexity index is 1310. The Morgan fingerprint density at radius 1 is 1.05 bits per heavy atom. The monoisotopic (exact) mass is 549 g/mol. The summed E-state index contributed by atoms with van der Waals surface area (Å²) in [4.78, 5) is 17.9. The van der Waals surface area contributed by atoms with Crippen molar-refractivity contribution in [3.8, 4) is 11.5 Å². The fourth-order valence-corrected chi connectivity index (χ4v) is 5.23. The van der Waals surface area contributed by atoms with E-state index in [2.05, 4.69) is 44.0 Å². The highest BCUT2D eigenvalue weighted by Gasteiger charge is 2.33. The van der Waals surface area contributed by atoms with Gasteiger partial charge in [-0.3, -0.25) is 4.79 Å². The number of likely N-dealkylation sites (N-methyl/N-ethyl adjacent to an activating group) is 1. The number of benzene rings is 3. The molecule has 0 radical (unpaired) electrons. The van der Waals surface area contributed by atoms with Crippen LogP contribution in [-0.2, 0) is 6.61 Å². The number of anilines is 1. The molecule has 39 heavy (non-hydrogen) atoms. The second-order valence-electron chi connectivity index (χ2n) is 10.3. The molecule has 1 aliphatic rings. The first kappa shape index (κ1) is 28.8. The molecular weight excluding hydrogens is 510 g/mol. The number of aryl methyl sites for hydroxylation is 1. The van der Waals surface area contributed by atoms with Crippen LogP contribution in [0.4, 0.5) is 5.69 Å². The first-order valence-corrected chi connectivity index (χ1v) is 14.1. The SMILES string of the molecule is CCN(CC)CCN1C(=O)c2ccccc2NC1c1ccc(OC)c(COc2cc(C)c(Cl)cc2C(C)C)c1. The smallest absolute Gasteiger partial charge is 0.257 e. The van der Waals surface area contributed by atoms with Gasteiger partial charge in [-0.15, -0.1) is 0 Å². The van der Waals surface area contributed by atoms with E-state index in [4.69, 9.17) is 21.1 Å². The molecule has 3 aromatic rings. The summed E-state index contributed by atoms with van der Waals surface area (Å²) in [5.74, 6) is 1.87. The number of fused-ring (bicyclic) bond motifs is 1. The van der Waals surface area contributed by atoms with Gasteiger partial charge in [0, 0.05) is 29.4 Å². The minimum Gasteiger partial charge on any atom is -0.496 e. The highest BCUT2D eigenvalue weighted by molar-refractivity contribution is 6.31. The molecule has 208 valence electrons. The second-order valence-corrected chi connectivity index (χ2v) is 10.7. The average molecular weight is 550 g/mol. The molecule has 1 unspecified atom stereocenters. The van der Waals surface area contributed by atoms with Crippen molar-refractivity contribution < 1.29 is 14.3 Å². The number of para-hydroxylation sites is 1. The largest absolute Gasteiger partial charge is 0.496 e. The summed E-state index contributed by atoms with van der Waals surface area (Å²) in [6.07, 6.45) is -0.309. The molecule has 1 heterocycles. The summed E-state index contributed by atoms with van der Waals surface area (Å²) in [6, 6.07) is 17.8. The van der Waals surface area contributed by atoms with Gasteiger partial charge in [0.05, 0.1) is 12.7 Å². The fourth-order valence-electron chi connectivity index (χ4n) is 5.06. The van der Waals surface area contributed by atoms with Crippen LogP contribution < -0.4 is 14.8 Å². The molecule has 1 atom stereocenters. The molecule has 1 N–H and O–H groups in total. The van der Waals surface area contributed by atoms with Crippen molar-refractivity contribution >= 4 is 23.2 Å². The summed E-state index contributed by atoms with van der Waals surface area (Å²) in [6.45, 7) is 14.2. The molecule has 0 saturated heterocycles. The fraction of sp³-hybridized carbons (Fsp3) is 0.406. The molecule has 0 fully saturated rings. The Labute approximate surface area is 237 Å². The Morgan fingerprint density at radius 2 is 1.79 bits per heavy atom. The average Bonchev–Trinajstić information content (AvgIpc) is 2.94. The lowest BCUT2D eigenvalue weighted by molar-refractivity contribution is 0.0660. The normalized spacial score (nSPS) is 14.9. The molecule has 0 aliphatic carbocycles. The van der Waals surface area contributed by atoms with Gasteiger partial charge in [-0.25, -0.2) is 0 Å². The number of ether oxygens (including phenoxy) is 2. The van der Waals surface area contributed by atoms with E-state index in [-0.39, 0.29) is 18.0 Å². The summed E-state index contributed by atoms with van der Waals surface area (Å²) in [5.41, 5.74) is 5.48. The Balaban J connectivity index is 1.66. The third-order valence-corrected chi connectivity index (χ3v) is 7.90. The number of rotatable bonds is 11. The number of carbonyl (C=O) groups excluding carboxylic acids is 1. The van der Waals surface area contributed by atoms with Gasteiger partial charge in [0.2, 0.25) is 0 Å². The minimum atomic E-state index is -0.309. The lowest BCUT2D eigenvalue weighted by Gasteiger charge is -2.39. The molecule has 6 nitrogen and oxygen atoms in total. The first-order chi connectivity index (χ1) is 18.8. The van der Waals surface area contributed by atoms with Gasteiger partial charge < -0.3 is 24.6 Å². The number of nitrogens with one attached hydrogen (secondary N) is 1. The molecule has 0 aromatic heterocycles. The van der Waals surface area contributed by atoms with Gasteiger partial charge in [-0.05, 0) is 79.0 Å². The number of nitrogens with zero attached hydrogens (tertiary/aromatic N) is 2. The molecular formula is C32H40ClN3O3. The van der Waals surface area contributed by atoms with Gasteiger partial charge in [0.15, 0.2) is 0 Å². The van der Waals surface area contributed by atoms with Crippen LogP contribution in [0.2, 0.25) is 5.02 Å². The van der Waals surface area contributed by atoms with Crippen molar-refractivity contribution in [3.63, 3.8) is 0 Å². The molecule has 3 aromatic carbocycles. The molecule has 7 heteroatoms. The van der Waals surface area contributed by atoms with Gasteiger partial charge in [-0.1, -0.05) is 57.5 Å². The van der Waals surface area contributed by atoms with Crippen LogP contribution in [0, 0.1) is 6.92 Å². The standard InChI is InChI=1S/C32H40ClN3O3/c1-7-35(8-2)15-16-36-31(34-28-12-10-9-11-25(28)32(36)37)23-13-14-29(38-6)24(18-23)20-39-30-17-22(5)27(33)19-26(30)21(3)4/h9-14,17-19,21,31,34H,7-8,15-16,20H2,1-6H3. The quantitative estimate of drug-likeness (QED) is 0.272. The highest BCUT2D eigenvalue weighted by atomic mass is 35.5. The van der Waals surface area contributed by atoms with Crippen molar-refractivity contribution in [3.05, 3.63) is 87.4 Å². The maximum absolute atomic E-state index is 13.7. The van der Waals surface area contributed by atoms with Gasteiger partial charge in [0.25, 0.3) is 5.91 Å². The van der Waals surface area contributed by atoms with Crippen LogP contribution in [0.15, 0.2) is 54.6 Å². The van der Waals surface area contributed by atoms with Crippen LogP contribution >= 0.6 is 11.6 Å². The van der Waals surface area contributed by atoms with E-state index in [0.29, 0.717) is 18.7 Å². The van der Waals surface area contributed by atoms with Crippen molar-refractivity contribution in [2.75, 3.05) is 38.6 Å². The summed E-state index contributed by atoms with van der Waals surface area (Å²) >= 11 is 6.41. The van der Waals surface area contributed by atoms with E-state index in [1.807, 2.05) is 60.4 Å². The number of hydrogen-bond donors (Lipinski definition) is 1. The molecule has 1 aliphatic heterocycles. The zero-order valence-corrected chi connectivity index (χ0v) is 24.6. The highest BCUT2D eigenvalue weighted by Crippen LogP contribution is 2.36. The van der Waals surface area contributed by atoms with E-state index in [9.17, 15) is 4.79 Å². The number of amides is 1. The van der Waals surface area contributed by atoms with Crippen molar-refractivity contribution in [2.45, 2.75) is 53.3 Å². The molecule has 0 spiro atoms. The lowest BCUT2D eigenvalue weighted by atomic mass is 10.00. The number of methoxy groups -OCH3 is 1. The number of hydrogen-bond acceptors (Lipinski definition) is 5. The van der Waals surface area contributed by atoms with Crippen LogP contribution in [-0.4, -0.2) is 49.0 Å². The Kier molecular flexibility index (Phi) is 9.41. The molecule has 0 bridgehead atoms. The van der Waals surface area contributed by atoms with E-state index < -0.39 is 0 Å². The maximum Gasteiger partial charge on any atom is 0.257 e. The Hall–Kier alpha value is -3.22. The van der Waals surface area contributed by atoms with Crippen molar-refractivity contribution in [1.29, 1.82) is 0 Å². The lowest BCUT2D eigenvalue weighted by Crippen LogP contribution is -2.46. The molecule has 4 rings (SSSR count). The zero-order chi connectivity index (χ0) is 28.1. The summed E-state index contributed by atoms with van der Waals surface area (Å²) in [5, 5.41) is 4.36. The predicted molar refractivity (Wildman–Crippen MR) is 159 cm³/mol. The van der Waals surface area contributed by atoms with Crippen molar-refractivity contribution in [2.24, 2.45) is 0 Å². The summed E-state index contributed by atoms with van der Waals surface area (Å²) in [7, 11) is 1.67.